The maximum atomic E-state index is 14.1. The van der Waals surface area contributed by atoms with Crippen LogP contribution in [0, 0.1) is 0 Å². The quantitative estimate of drug-likeness (QED) is 0.215. The lowest BCUT2D eigenvalue weighted by atomic mass is 9.95. The highest BCUT2D eigenvalue weighted by Crippen LogP contribution is 2.38. The molecule has 36 heavy (non-hydrogen) atoms. The van der Waals surface area contributed by atoms with Crippen LogP contribution in [-0.4, -0.2) is 43.7 Å². The summed E-state index contributed by atoms with van der Waals surface area (Å²) in [6.07, 6.45) is -0.722. The molecule has 0 atom stereocenters. The molecule has 0 aliphatic carbocycles. The molecule has 0 saturated carbocycles. The molecule has 1 amide bonds. The van der Waals surface area contributed by atoms with Crippen LogP contribution >= 0.6 is 0 Å². The van der Waals surface area contributed by atoms with Gasteiger partial charge < -0.3 is 14.2 Å². The third-order valence-electron chi connectivity index (χ3n) is 5.34. The zero-order chi connectivity index (χ0) is 25.5. The van der Waals surface area contributed by atoms with Gasteiger partial charge in [0, 0.05) is 16.5 Å². The number of methoxy groups -OCH3 is 2. The number of carbonyl (C=O) groups is 3. The van der Waals surface area contributed by atoms with Crippen LogP contribution in [0.2, 0.25) is 0 Å². The van der Waals surface area contributed by atoms with E-state index in [0.29, 0.717) is 27.8 Å². The molecule has 2 N–H and O–H groups in total. The Hall–Kier alpha value is -4.92. The van der Waals surface area contributed by atoms with Gasteiger partial charge in [0.25, 0.3) is 0 Å². The maximum Gasteiger partial charge on any atom is 0.425 e. The fourth-order valence-corrected chi connectivity index (χ4v) is 3.64. The average molecular weight is 485 g/mol. The summed E-state index contributed by atoms with van der Waals surface area (Å²) in [7, 11) is 2.48. The number of fused-ring (bicyclic) bond motifs is 1. The van der Waals surface area contributed by atoms with Crippen LogP contribution in [0.5, 0.6) is 5.75 Å². The van der Waals surface area contributed by atoms with Crippen LogP contribution in [0.3, 0.4) is 0 Å². The molecule has 3 aromatic carbocycles. The lowest BCUT2D eigenvalue weighted by Crippen LogP contribution is -2.30. The third-order valence-corrected chi connectivity index (χ3v) is 5.34. The van der Waals surface area contributed by atoms with E-state index in [0.717, 1.165) is 0 Å². The number of ether oxygens (including phenoxy) is 3. The summed E-state index contributed by atoms with van der Waals surface area (Å²) in [6.45, 7) is -0.416. The van der Waals surface area contributed by atoms with Crippen molar-refractivity contribution in [1.29, 1.82) is 0 Å². The molecule has 0 unspecified atom stereocenters. The second-order valence-electron chi connectivity index (χ2n) is 7.53. The van der Waals surface area contributed by atoms with Crippen LogP contribution in [0.1, 0.15) is 15.9 Å². The Labute approximate surface area is 207 Å². The maximum absolute atomic E-state index is 14.1. The fourth-order valence-electron chi connectivity index (χ4n) is 3.64. The lowest BCUT2D eigenvalue weighted by molar-refractivity contribution is -0.142. The summed E-state index contributed by atoms with van der Waals surface area (Å²) in [5.41, 5.74) is 7.57. The van der Waals surface area contributed by atoms with E-state index < -0.39 is 24.5 Å². The van der Waals surface area contributed by atoms with Crippen molar-refractivity contribution >= 4 is 34.4 Å². The van der Waals surface area contributed by atoms with E-state index >= 15 is 0 Å². The molecule has 0 saturated heterocycles. The molecule has 4 rings (SSSR count). The van der Waals surface area contributed by atoms with Gasteiger partial charge in [-0.1, -0.05) is 60.7 Å². The van der Waals surface area contributed by atoms with Gasteiger partial charge in [-0.3, -0.25) is 10.2 Å². The molecular weight excluding hydrogens is 462 g/mol. The van der Waals surface area contributed by atoms with E-state index in [-0.39, 0.29) is 16.9 Å². The molecule has 1 aromatic heterocycles. The highest BCUT2D eigenvalue weighted by molar-refractivity contribution is 6.21. The monoisotopic (exact) mass is 485 g/mol. The van der Waals surface area contributed by atoms with Gasteiger partial charge >= 0.3 is 12.1 Å². The number of nitrogens with zero attached hydrogens (tertiary/aromatic N) is 1. The molecule has 0 radical (unpaired) electrons. The van der Waals surface area contributed by atoms with Crippen molar-refractivity contribution < 1.29 is 28.6 Å². The van der Waals surface area contributed by atoms with Gasteiger partial charge in [0.15, 0.2) is 18.1 Å². The summed E-state index contributed by atoms with van der Waals surface area (Å²) in [5, 5.41) is 0.540. The number of hydrogen-bond donors (Lipinski definition) is 2. The zero-order valence-electron chi connectivity index (χ0n) is 19.6. The molecule has 0 aliphatic heterocycles. The molecule has 0 aliphatic rings. The number of benzene rings is 3. The first-order chi connectivity index (χ1) is 17.5. The average Bonchev–Trinajstić information content (AvgIpc) is 2.94. The highest BCUT2D eigenvalue weighted by Gasteiger charge is 2.26. The normalized spacial score (nSPS) is 10.4. The summed E-state index contributed by atoms with van der Waals surface area (Å²) < 4.78 is 15.3. The van der Waals surface area contributed by atoms with E-state index in [4.69, 9.17) is 14.5 Å². The number of rotatable bonds is 8. The number of aromatic nitrogens is 1. The van der Waals surface area contributed by atoms with Crippen molar-refractivity contribution in [3.8, 4) is 17.0 Å². The zero-order valence-corrected chi connectivity index (χ0v) is 19.6. The third kappa shape index (κ3) is 5.10. The minimum Gasteiger partial charge on any atom is -0.479 e. The smallest absolute Gasteiger partial charge is 0.425 e. The molecule has 9 nitrogen and oxygen atoms in total. The highest BCUT2D eigenvalue weighted by atomic mass is 16.6. The first-order valence-electron chi connectivity index (χ1n) is 10.9. The van der Waals surface area contributed by atoms with Crippen molar-refractivity contribution in [2.75, 3.05) is 26.3 Å². The minimum absolute atomic E-state index is 0.144. The molecule has 182 valence electrons. The van der Waals surface area contributed by atoms with E-state index in [1.807, 2.05) is 36.4 Å². The lowest BCUT2D eigenvalue weighted by Gasteiger charge is -2.18. The number of hydrazine groups is 1. The van der Waals surface area contributed by atoms with E-state index in [1.165, 1.54) is 14.2 Å². The minimum atomic E-state index is -0.722. The topological polar surface area (TPSA) is 116 Å². The molecule has 4 aromatic rings. The molecule has 9 heteroatoms. The van der Waals surface area contributed by atoms with Gasteiger partial charge in [0.05, 0.1) is 31.0 Å². The number of para-hydroxylation sites is 2. The van der Waals surface area contributed by atoms with Gasteiger partial charge in [-0.25, -0.2) is 20.0 Å². The Morgan fingerprint density at radius 2 is 1.53 bits per heavy atom. The SMILES string of the molecule is COC(=O)COc1c(-c2ccccc2)nc2ccccc2c1C(=O)c1ccccc1NNC(=O)OC. The fraction of sp³-hybridized carbons (Fsp3) is 0.111. The van der Waals surface area contributed by atoms with Crippen molar-refractivity contribution in [3.05, 3.63) is 90.0 Å². The number of hydrogen-bond acceptors (Lipinski definition) is 8. The van der Waals surface area contributed by atoms with Crippen molar-refractivity contribution in [2.45, 2.75) is 0 Å². The van der Waals surface area contributed by atoms with E-state index in [9.17, 15) is 14.4 Å². The molecule has 0 bridgehead atoms. The Bertz CT molecular complexity index is 1420. The summed E-state index contributed by atoms with van der Waals surface area (Å²) in [5.74, 6) is -0.864. The number of amides is 1. The van der Waals surface area contributed by atoms with Crippen LogP contribution in [-0.2, 0) is 14.3 Å². The summed E-state index contributed by atoms with van der Waals surface area (Å²) >= 11 is 0. The second kappa shape index (κ2) is 11.0. The molecular formula is C27H23N3O6. The van der Waals surface area contributed by atoms with Gasteiger partial charge in [0.2, 0.25) is 0 Å². The van der Waals surface area contributed by atoms with E-state index in [2.05, 4.69) is 15.6 Å². The van der Waals surface area contributed by atoms with Gasteiger partial charge in [0.1, 0.15) is 5.69 Å². The largest absolute Gasteiger partial charge is 0.479 e. The Morgan fingerprint density at radius 3 is 2.28 bits per heavy atom. The van der Waals surface area contributed by atoms with Crippen molar-refractivity contribution in [3.63, 3.8) is 0 Å². The van der Waals surface area contributed by atoms with E-state index in [1.54, 1.807) is 42.5 Å². The molecule has 0 spiro atoms. The summed E-state index contributed by atoms with van der Waals surface area (Å²) in [4.78, 5) is 42.4. The summed E-state index contributed by atoms with van der Waals surface area (Å²) in [6, 6.07) is 23.1. The molecule has 0 fully saturated rings. The number of anilines is 1. The number of pyridine rings is 1. The standard InChI is InChI=1S/C27H23N3O6/c1-34-22(31)16-36-26-23(25(32)19-13-7-9-15-21(19)29-30-27(33)35-2)18-12-6-8-14-20(18)28-24(26)17-10-4-3-5-11-17/h3-15,29H,16H2,1-2H3,(H,30,33). The predicted molar refractivity (Wildman–Crippen MR) is 134 cm³/mol. The van der Waals surface area contributed by atoms with Gasteiger partial charge in [-0.15, -0.1) is 0 Å². The number of carbonyl (C=O) groups excluding carboxylic acids is 3. The van der Waals surface area contributed by atoms with Crippen LogP contribution in [0.25, 0.3) is 22.2 Å². The Kier molecular flexibility index (Phi) is 7.40. The number of nitrogens with one attached hydrogen (secondary N) is 2. The van der Waals surface area contributed by atoms with Crippen LogP contribution < -0.4 is 15.6 Å². The van der Waals surface area contributed by atoms with Gasteiger partial charge in [-0.2, -0.15) is 0 Å². The van der Waals surface area contributed by atoms with Crippen molar-refractivity contribution in [2.24, 2.45) is 0 Å². The number of ketones is 1. The Morgan fingerprint density at radius 1 is 0.833 bits per heavy atom. The van der Waals surface area contributed by atoms with Crippen molar-refractivity contribution in [1.82, 2.24) is 10.4 Å². The first kappa shape index (κ1) is 24.2. The van der Waals surface area contributed by atoms with Crippen LogP contribution in [0.4, 0.5) is 10.5 Å². The number of esters is 1. The predicted octanol–water partition coefficient (Wildman–Crippen LogP) is 4.37. The second-order valence-corrected chi connectivity index (χ2v) is 7.53. The first-order valence-corrected chi connectivity index (χ1v) is 10.9. The van der Waals surface area contributed by atoms with Crippen LogP contribution in [0.15, 0.2) is 78.9 Å². The molecule has 1 heterocycles. The Balaban J connectivity index is 1.93. The van der Waals surface area contributed by atoms with Gasteiger partial charge in [-0.05, 0) is 18.2 Å².